The first-order valence-corrected chi connectivity index (χ1v) is 11.8. The number of hydrogen-bond donors (Lipinski definition) is 2. The molecule has 0 heterocycles. The summed E-state index contributed by atoms with van der Waals surface area (Å²) in [6.45, 7) is 5.72. The summed E-state index contributed by atoms with van der Waals surface area (Å²) in [5, 5.41) is 13.7. The molecule has 4 aromatic carbocycles. The van der Waals surface area contributed by atoms with Gasteiger partial charge in [-0.05, 0) is 47.5 Å². The summed E-state index contributed by atoms with van der Waals surface area (Å²) in [7, 11) is -3.87. The third-order valence-corrected chi connectivity index (χ3v) is 6.98. The fourth-order valence-corrected chi connectivity index (χ4v) is 4.96. The highest BCUT2D eigenvalue weighted by Crippen LogP contribution is 2.40. The van der Waals surface area contributed by atoms with Crippen molar-refractivity contribution in [2.75, 3.05) is 4.72 Å². The Kier molecular flexibility index (Phi) is 5.87. The van der Waals surface area contributed by atoms with E-state index in [2.05, 4.69) is 11.3 Å². The van der Waals surface area contributed by atoms with E-state index in [-0.39, 0.29) is 11.3 Å². The number of fused-ring (bicyclic) bond motifs is 1. The zero-order valence-corrected chi connectivity index (χ0v) is 18.6. The minimum absolute atomic E-state index is 0.161. The molecule has 32 heavy (non-hydrogen) atoms. The number of hydrogen-bond acceptors (Lipinski definition) is 3. The van der Waals surface area contributed by atoms with E-state index in [4.69, 9.17) is 0 Å². The highest BCUT2D eigenvalue weighted by atomic mass is 32.2. The van der Waals surface area contributed by atoms with Gasteiger partial charge >= 0.3 is 0 Å². The maximum Gasteiger partial charge on any atom is 0.261 e. The van der Waals surface area contributed by atoms with Crippen LogP contribution in [0.25, 0.3) is 10.8 Å². The topological polar surface area (TPSA) is 66.4 Å². The Hall–Kier alpha value is -3.41. The number of aliphatic hydroxyl groups is 1. The third-order valence-electron chi connectivity index (χ3n) is 5.60. The second-order valence-electron chi connectivity index (χ2n) is 7.88. The minimum atomic E-state index is -3.87. The standard InChI is InChI=1S/C27H25NO3S/c1-3-17-27(29,23-11-5-4-6-12-23)25-18-21-9-7-8-10-22(21)19-26(25)28-32(30,31)24-15-13-20(2)14-16-24/h3-16,18-19,28-29H,1,17H2,2H3. The lowest BCUT2D eigenvalue weighted by Crippen LogP contribution is -2.29. The van der Waals surface area contributed by atoms with E-state index in [0.29, 0.717) is 16.8 Å². The summed E-state index contributed by atoms with van der Waals surface area (Å²) in [6.07, 6.45) is 1.86. The zero-order valence-electron chi connectivity index (χ0n) is 17.8. The molecule has 4 rings (SSSR count). The van der Waals surface area contributed by atoms with Gasteiger partial charge in [0, 0.05) is 12.0 Å². The molecule has 0 aliphatic carbocycles. The Labute approximate surface area is 188 Å². The number of benzene rings is 4. The minimum Gasteiger partial charge on any atom is -0.380 e. The van der Waals surface area contributed by atoms with E-state index in [1.54, 1.807) is 36.4 Å². The molecule has 1 atom stereocenters. The van der Waals surface area contributed by atoms with E-state index in [1.807, 2.05) is 67.6 Å². The summed E-state index contributed by atoms with van der Waals surface area (Å²) in [5.41, 5.74) is 0.972. The van der Waals surface area contributed by atoms with Crippen molar-refractivity contribution < 1.29 is 13.5 Å². The molecule has 0 fully saturated rings. The number of aryl methyl sites for hydroxylation is 1. The summed E-state index contributed by atoms with van der Waals surface area (Å²) < 4.78 is 29.1. The largest absolute Gasteiger partial charge is 0.380 e. The summed E-state index contributed by atoms with van der Waals surface area (Å²) in [4.78, 5) is 0.161. The first-order chi connectivity index (χ1) is 15.3. The van der Waals surface area contributed by atoms with E-state index < -0.39 is 15.6 Å². The Morgan fingerprint density at radius 2 is 1.50 bits per heavy atom. The van der Waals surface area contributed by atoms with Gasteiger partial charge in [0.15, 0.2) is 0 Å². The number of rotatable bonds is 7. The normalized spacial score (nSPS) is 13.4. The van der Waals surface area contributed by atoms with Gasteiger partial charge in [-0.15, -0.1) is 6.58 Å². The number of anilines is 1. The van der Waals surface area contributed by atoms with Gasteiger partial charge in [0.25, 0.3) is 10.0 Å². The van der Waals surface area contributed by atoms with E-state index in [1.165, 1.54) is 0 Å². The van der Waals surface area contributed by atoms with Gasteiger partial charge < -0.3 is 5.11 Å². The molecule has 1 unspecified atom stereocenters. The van der Waals surface area contributed by atoms with Crippen LogP contribution in [0.2, 0.25) is 0 Å². The molecule has 4 nitrogen and oxygen atoms in total. The van der Waals surface area contributed by atoms with E-state index in [0.717, 1.165) is 16.3 Å². The van der Waals surface area contributed by atoms with Crippen LogP contribution in [0, 0.1) is 6.92 Å². The smallest absolute Gasteiger partial charge is 0.261 e. The summed E-state index contributed by atoms with van der Waals surface area (Å²) in [6, 6.07) is 27.2. The van der Waals surface area contributed by atoms with Gasteiger partial charge in [-0.25, -0.2) is 8.42 Å². The highest BCUT2D eigenvalue weighted by molar-refractivity contribution is 7.92. The molecule has 162 valence electrons. The SMILES string of the molecule is C=CCC(O)(c1ccccc1)c1cc2ccccc2cc1NS(=O)(=O)c1ccc(C)cc1. The molecule has 0 amide bonds. The number of sulfonamides is 1. The molecule has 0 spiro atoms. The first-order valence-electron chi connectivity index (χ1n) is 10.3. The third kappa shape index (κ3) is 4.17. The Morgan fingerprint density at radius 3 is 2.12 bits per heavy atom. The van der Waals surface area contributed by atoms with Crippen molar-refractivity contribution in [1.82, 2.24) is 0 Å². The van der Waals surface area contributed by atoms with Crippen LogP contribution >= 0.6 is 0 Å². The molecule has 0 aliphatic rings. The second kappa shape index (κ2) is 8.61. The Bertz CT molecular complexity index is 1360. The molecular weight excluding hydrogens is 418 g/mol. The van der Waals surface area contributed by atoms with Crippen LogP contribution in [0.4, 0.5) is 5.69 Å². The van der Waals surface area contributed by atoms with Crippen LogP contribution in [0.3, 0.4) is 0 Å². The zero-order chi connectivity index (χ0) is 22.8. The predicted octanol–water partition coefficient (Wildman–Crippen LogP) is 5.76. The monoisotopic (exact) mass is 443 g/mol. The average molecular weight is 444 g/mol. The van der Waals surface area contributed by atoms with E-state index >= 15 is 0 Å². The van der Waals surface area contributed by atoms with Gasteiger partial charge in [0.05, 0.1) is 10.6 Å². The fraction of sp³-hybridized carbons (Fsp3) is 0.111. The molecule has 0 radical (unpaired) electrons. The molecule has 5 heteroatoms. The fourth-order valence-electron chi connectivity index (χ4n) is 3.89. The van der Waals surface area contributed by atoms with Crippen molar-refractivity contribution >= 4 is 26.5 Å². The molecule has 4 aromatic rings. The average Bonchev–Trinajstić information content (AvgIpc) is 2.79. The lowest BCUT2D eigenvalue weighted by Gasteiger charge is -2.31. The van der Waals surface area contributed by atoms with Crippen molar-refractivity contribution in [2.24, 2.45) is 0 Å². The van der Waals surface area contributed by atoms with Crippen LogP contribution in [0.15, 0.2) is 109 Å². The lowest BCUT2D eigenvalue weighted by molar-refractivity contribution is 0.0851. The molecule has 0 saturated carbocycles. The van der Waals surface area contributed by atoms with Gasteiger partial charge in [-0.3, -0.25) is 4.72 Å². The molecule has 0 saturated heterocycles. The molecule has 0 bridgehead atoms. The van der Waals surface area contributed by atoms with Gasteiger partial charge in [0.2, 0.25) is 0 Å². The summed E-state index contributed by atoms with van der Waals surface area (Å²) in [5.74, 6) is 0. The second-order valence-corrected chi connectivity index (χ2v) is 9.56. The van der Waals surface area contributed by atoms with Crippen molar-refractivity contribution in [2.45, 2.75) is 23.8 Å². The Balaban J connectivity index is 1.93. The van der Waals surface area contributed by atoms with Crippen LogP contribution in [0.5, 0.6) is 0 Å². The molecule has 0 aromatic heterocycles. The van der Waals surface area contributed by atoms with Crippen molar-refractivity contribution in [3.63, 3.8) is 0 Å². The number of nitrogens with one attached hydrogen (secondary N) is 1. The molecular formula is C27H25NO3S. The van der Waals surface area contributed by atoms with Gasteiger partial charge in [-0.1, -0.05) is 78.4 Å². The van der Waals surface area contributed by atoms with Crippen molar-refractivity contribution in [3.05, 3.63) is 120 Å². The Morgan fingerprint density at radius 1 is 0.906 bits per heavy atom. The van der Waals surface area contributed by atoms with Crippen LogP contribution in [-0.4, -0.2) is 13.5 Å². The van der Waals surface area contributed by atoms with Crippen LogP contribution < -0.4 is 4.72 Å². The first kappa shape index (κ1) is 21.8. The summed E-state index contributed by atoms with van der Waals surface area (Å²) >= 11 is 0. The highest BCUT2D eigenvalue weighted by Gasteiger charge is 2.34. The maximum atomic E-state index is 13.2. The van der Waals surface area contributed by atoms with Crippen molar-refractivity contribution in [3.8, 4) is 0 Å². The maximum absolute atomic E-state index is 13.2. The molecule has 2 N–H and O–H groups in total. The van der Waals surface area contributed by atoms with Crippen LogP contribution in [0.1, 0.15) is 23.1 Å². The van der Waals surface area contributed by atoms with Crippen molar-refractivity contribution in [1.29, 1.82) is 0 Å². The van der Waals surface area contributed by atoms with Gasteiger partial charge in [-0.2, -0.15) is 0 Å². The van der Waals surface area contributed by atoms with Gasteiger partial charge in [0.1, 0.15) is 5.60 Å². The lowest BCUT2D eigenvalue weighted by atomic mass is 9.82. The van der Waals surface area contributed by atoms with E-state index in [9.17, 15) is 13.5 Å². The predicted molar refractivity (Wildman–Crippen MR) is 130 cm³/mol. The quantitative estimate of drug-likeness (QED) is 0.357. The molecule has 0 aliphatic heterocycles. The van der Waals surface area contributed by atoms with Crippen LogP contribution in [-0.2, 0) is 15.6 Å².